The third kappa shape index (κ3) is 4.56. The molecule has 0 aliphatic carbocycles. The quantitative estimate of drug-likeness (QED) is 0.792. The first kappa shape index (κ1) is 19.8. The third-order valence-corrected chi connectivity index (χ3v) is 6.20. The van der Waals surface area contributed by atoms with Gasteiger partial charge in [-0.15, -0.1) is 0 Å². The van der Waals surface area contributed by atoms with E-state index in [0.29, 0.717) is 6.54 Å². The van der Waals surface area contributed by atoms with Gasteiger partial charge < -0.3 is 15.0 Å². The molecule has 2 aliphatic rings. The molecule has 2 heterocycles. The van der Waals surface area contributed by atoms with E-state index in [-0.39, 0.29) is 18.1 Å². The van der Waals surface area contributed by atoms with Gasteiger partial charge in [-0.1, -0.05) is 42.5 Å². The molecule has 0 bridgehead atoms. The highest BCUT2D eigenvalue weighted by molar-refractivity contribution is 5.75. The number of carbonyl (C=O) groups excluding carboxylic acids is 1. The van der Waals surface area contributed by atoms with Gasteiger partial charge in [0.1, 0.15) is 5.75 Å². The summed E-state index contributed by atoms with van der Waals surface area (Å²) >= 11 is 0. The highest BCUT2D eigenvalue weighted by Crippen LogP contribution is 2.32. The van der Waals surface area contributed by atoms with Crippen molar-refractivity contribution in [3.05, 3.63) is 65.7 Å². The second kappa shape index (κ2) is 9.31. The van der Waals surface area contributed by atoms with Gasteiger partial charge in [0.05, 0.1) is 19.2 Å². The number of amides is 2. The van der Waals surface area contributed by atoms with E-state index in [9.17, 15) is 4.79 Å². The van der Waals surface area contributed by atoms with Crippen LogP contribution in [0, 0.1) is 0 Å². The average Bonchev–Trinajstić information content (AvgIpc) is 3.47. The molecule has 2 atom stereocenters. The molecule has 2 aliphatic heterocycles. The smallest absolute Gasteiger partial charge is 0.317 e. The summed E-state index contributed by atoms with van der Waals surface area (Å²) in [6.45, 7) is 3.59. The molecule has 29 heavy (non-hydrogen) atoms. The van der Waals surface area contributed by atoms with Crippen LogP contribution in [0.1, 0.15) is 48.9 Å². The number of hydrogen-bond donors (Lipinski definition) is 1. The number of nitrogens with one attached hydrogen (secondary N) is 1. The van der Waals surface area contributed by atoms with Crippen LogP contribution in [0.15, 0.2) is 54.6 Å². The molecule has 5 heteroatoms. The number of methoxy groups -OCH3 is 1. The van der Waals surface area contributed by atoms with Crippen molar-refractivity contribution in [3.63, 3.8) is 0 Å². The lowest BCUT2D eigenvalue weighted by Gasteiger charge is -2.31. The van der Waals surface area contributed by atoms with E-state index in [1.165, 1.54) is 24.0 Å². The highest BCUT2D eigenvalue weighted by atomic mass is 16.5. The van der Waals surface area contributed by atoms with Crippen molar-refractivity contribution < 1.29 is 9.53 Å². The Morgan fingerprint density at radius 2 is 1.86 bits per heavy atom. The number of carbonyl (C=O) groups is 1. The Balaban J connectivity index is 1.46. The number of benzene rings is 2. The summed E-state index contributed by atoms with van der Waals surface area (Å²) in [5, 5.41) is 3.24. The Hall–Kier alpha value is -2.53. The minimum Gasteiger partial charge on any atom is -0.497 e. The number of hydrogen-bond acceptors (Lipinski definition) is 3. The average molecular weight is 394 g/mol. The summed E-state index contributed by atoms with van der Waals surface area (Å²) in [4.78, 5) is 17.6. The van der Waals surface area contributed by atoms with Gasteiger partial charge in [-0.2, -0.15) is 0 Å². The summed E-state index contributed by atoms with van der Waals surface area (Å²) in [6, 6.07) is 19.0. The van der Waals surface area contributed by atoms with Crippen LogP contribution < -0.4 is 10.1 Å². The Morgan fingerprint density at radius 3 is 2.62 bits per heavy atom. The molecule has 4 rings (SSSR count). The molecule has 2 saturated heterocycles. The number of nitrogens with zero attached hydrogens (tertiary/aromatic N) is 2. The molecule has 2 aromatic carbocycles. The molecule has 1 N–H and O–H groups in total. The van der Waals surface area contributed by atoms with E-state index in [1.54, 1.807) is 7.11 Å². The van der Waals surface area contributed by atoms with E-state index < -0.39 is 0 Å². The van der Waals surface area contributed by atoms with Crippen molar-refractivity contribution in [1.82, 2.24) is 15.1 Å². The fourth-order valence-corrected chi connectivity index (χ4v) is 4.68. The molecule has 5 nitrogen and oxygen atoms in total. The molecule has 2 unspecified atom stereocenters. The molecule has 0 radical (unpaired) electrons. The van der Waals surface area contributed by atoms with Gasteiger partial charge in [0.2, 0.25) is 0 Å². The summed E-state index contributed by atoms with van der Waals surface area (Å²) in [7, 11) is 1.70. The monoisotopic (exact) mass is 393 g/mol. The van der Waals surface area contributed by atoms with Gasteiger partial charge in [-0.25, -0.2) is 4.79 Å². The molecule has 2 aromatic rings. The standard InChI is InChI=1S/C24H31N3O2/c1-29-21-12-7-11-20(17-21)23(26-14-5-6-15-26)18-25-24(28)27-16-8-13-22(27)19-9-3-2-4-10-19/h2-4,7,9-12,17,22-23H,5-6,8,13-16,18H2,1H3,(H,25,28). The highest BCUT2D eigenvalue weighted by Gasteiger charge is 2.31. The SMILES string of the molecule is COc1cccc(C(CNC(=O)N2CCCC2c2ccccc2)N2CCCC2)c1. The molecule has 0 spiro atoms. The molecule has 0 saturated carbocycles. The lowest BCUT2D eigenvalue weighted by molar-refractivity contribution is 0.183. The van der Waals surface area contributed by atoms with Crippen LogP contribution >= 0.6 is 0 Å². The van der Waals surface area contributed by atoms with Gasteiger partial charge in [-0.05, 0) is 62.0 Å². The number of urea groups is 1. The van der Waals surface area contributed by atoms with E-state index in [1.807, 2.05) is 23.1 Å². The summed E-state index contributed by atoms with van der Waals surface area (Å²) in [5.74, 6) is 0.863. The summed E-state index contributed by atoms with van der Waals surface area (Å²) < 4.78 is 5.42. The first-order chi connectivity index (χ1) is 14.3. The second-order valence-electron chi connectivity index (χ2n) is 7.98. The lowest BCUT2D eigenvalue weighted by Crippen LogP contribution is -2.43. The molecular weight excluding hydrogens is 362 g/mol. The van der Waals surface area contributed by atoms with E-state index in [0.717, 1.165) is 38.2 Å². The molecular formula is C24H31N3O2. The first-order valence-electron chi connectivity index (χ1n) is 10.7. The zero-order valence-corrected chi connectivity index (χ0v) is 17.2. The maximum absolute atomic E-state index is 13.1. The molecule has 2 fully saturated rings. The topological polar surface area (TPSA) is 44.8 Å². The normalized spacial score (nSPS) is 20.6. The van der Waals surface area contributed by atoms with Crippen molar-refractivity contribution in [1.29, 1.82) is 0 Å². The van der Waals surface area contributed by atoms with Crippen molar-refractivity contribution in [2.75, 3.05) is 33.3 Å². The molecule has 2 amide bonds. The van der Waals surface area contributed by atoms with Crippen LogP contribution in [0.2, 0.25) is 0 Å². The minimum absolute atomic E-state index is 0.0449. The summed E-state index contributed by atoms with van der Waals surface area (Å²) in [5.41, 5.74) is 2.43. The minimum atomic E-state index is 0.0449. The molecule has 154 valence electrons. The van der Waals surface area contributed by atoms with Crippen molar-refractivity contribution in [3.8, 4) is 5.75 Å². The fraction of sp³-hybridized carbons (Fsp3) is 0.458. The summed E-state index contributed by atoms with van der Waals surface area (Å²) in [6.07, 6.45) is 4.52. The van der Waals surface area contributed by atoms with Gasteiger partial charge in [0.15, 0.2) is 0 Å². The van der Waals surface area contributed by atoms with E-state index in [4.69, 9.17) is 4.74 Å². The number of ether oxygens (including phenoxy) is 1. The Kier molecular flexibility index (Phi) is 6.35. The largest absolute Gasteiger partial charge is 0.497 e. The van der Waals surface area contributed by atoms with E-state index in [2.05, 4.69) is 46.6 Å². The lowest BCUT2D eigenvalue weighted by atomic mass is 10.0. The van der Waals surface area contributed by atoms with Crippen LogP contribution in [0.25, 0.3) is 0 Å². The Bertz CT molecular complexity index is 805. The maximum Gasteiger partial charge on any atom is 0.317 e. The van der Waals surface area contributed by atoms with Crippen LogP contribution in [-0.4, -0.2) is 49.1 Å². The van der Waals surface area contributed by atoms with Gasteiger partial charge >= 0.3 is 6.03 Å². The van der Waals surface area contributed by atoms with Gasteiger partial charge in [0.25, 0.3) is 0 Å². The van der Waals surface area contributed by atoms with Gasteiger partial charge in [-0.3, -0.25) is 4.90 Å². The van der Waals surface area contributed by atoms with Crippen LogP contribution in [0.4, 0.5) is 4.79 Å². The van der Waals surface area contributed by atoms with Crippen molar-refractivity contribution in [2.24, 2.45) is 0 Å². The number of likely N-dealkylation sites (tertiary alicyclic amines) is 2. The zero-order chi connectivity index (χ0) is 20.1. The van der Waals surface area contributed by atoms with Crippen LogP contribution in [0.5, 0.6) is 5.75 Å². The second-order valence-corrected chi connectivity index (χ2v) is 7.98. The van der Waals surface area contributed by atoms with Crippen LogP contribution in [0.3, 0.4) is 0 Å². The fourth-order valence-electron chi connectivity index (χ4n) is 4.68. The van der Waals surface area contributed by atoms with Gasteiger partial charge in [0, 0.05) is 13.1 Å². The predicted molar refractivity (Wildman–Crippen MR) is 115 cm³/mol. The molecule has 0 aromatic heterocycles. The number of rotatable bonds is 6. The Morgan fingerprint density at radius 1 is 1.07 bits per heavy atom. The maximum atomic E-state index is 13.1. The van der Waals surface area contributed by atoms with Crippen molar-refractivity contribution >= 4 is 6.03 Å². The predicted octanol–water partition coefficient (Wildman–Crippen LogP) is 4.38. The van der Waals surface area contributed by atoms with E-state index >= 15 is 0 Å². The zero-order valence-electron chi connectivity index (χ0n) is 17.2. The van der Waals surface area contributed by atoms with Crippen LogP contribution in [-0.2, 0) is 0 Å². The van der Waals surface area contributed by atoms with Crippen molar-refractivity contribution in [2.45, 2.75) is 37.8 Å². The Labute approximate surface area is 173 Å². The third-order valence-electron chi connectivity index (χ3n) is 6.20. The first-order valence-corrected chi connectivity index (χ1v) is 10.7.